The van der Waals surface area contributed by atoms with E-state index in [9.17, 15) is 13.2 Å². The highest BCUT2D eigenvalue weighted by Crippen LogP contribution is 2.27. The van der Waals surface area contributed by atoms with Gasteiger partial charge in [-0.05, 0) is 48.4 Å². The normalized spacial score (nSPS) is 18.5. The summed E-state index contributed by atoms with van der Waals surface area (Å²) in [6.45, 7) is 4.86. The molecule has 2 aromatic rings. The van der Waals surface area contributed by atoms with Gasteiger partial charge in [-0.25, -0.2) is 12.7 Å². The van der Waals surface area contributed by atoms with E-state index in [1.54, 1.807) is 18.2 Å². The molecule has 1 heterocycles. The molecule has 32 heavy (non-hydrogen) atoms. The summed E-state index contributed by atoms with van der Waals surface area (Å²) < 4.78 is 27.5. The average Bonchev–Trinajstić information content (AvgIpc) is 2.76. The maximum Gasteiger partial charge on any atom is 0.224 e. The summed E-state index contributed by atoms with van der Waals surface area (Å²) in [5.74, 6) is -0.215. The third kappa shape index (κ3) is 6.70. The molecule has 8 heteroatoms. The lowest BCUT2D eigenvalue weighted by atomic mass is 9.94. The van der Waals surface area contributed by atoms with Crippen LogP contribution in [0.3, 0.4) is 0 Å². The molecular weight excluding hydrogens is 467 g/mol. The Morgan fingerprint density at radius 2 is 1.84 bits per heavy atom. The first-order valence-corrected chi connectivity index (χ1v) is 13.3. The number of hydrogen-bond donors (Lipinski definition) is 1. The van der Waals surface area contributed by atoms with E-state index in [-0.39, 0.29) is 30.2 Å². The van der Waals surface area contributed by atoms with Gasteiger partial charge in [-0.3, -0.25) is 4.79 Å². The van der Waals surface area contributed by atoms with Crippen molar-refractivity contribution in [3.8, 4) is 0 Å². The second-order valence-corrected chi connectivity index (χ2v) is 11.6. The topological polar surface area (TPSA) is 66.5 Å². The minimum Gasteiger partial charge on any atom is -0.349 e. The quantitative estimate of drug-likeness (QED) is 0.528. The molecular formula is C24H30Cl2N2O3S. The predicted octanol–water partition coefficient (Wildman–Crippen LogP) is 5.44. The van der Waals surface area contributed by atoms with Crippen LogP contribution in [0.25, 0.3) is 0 Å². The summed E-state index contributed by atoms with van der Waals surface area (Å²) in [5.41, 5.74) is 1.64. The van der Waals surface area contributed by atoms with Gasteiger partial charge in [-0.15, -0.1) is 0 Å². The molecule has 1 amide bonds. The van der Waals surface area contributed by atoms with E-state index >= 15 is 0 Å². The highest BCUT2D eigenvalue weighted by molar-refractivity contribution is 7.88. The first kappa shape index (κ1) is 25.0. The zero-order chi connectivity index (χ0) is 23.3. The predicted molar refractivity (Wildman–Crippen MR) is 130 cm³/mol. The van der Waals surface area contributed by atoms with Crippen LogP contribution >= 0.6 is 23.2 Å². The van der Waals surface area contributed by atoms with E-state index in [4.69, 9.17) is 23.2 Å². The van der Waals surface area contributed by atoms with Crippen molar-refractivity contribution in [1.82, 2.24) is 9.62 Å². The first-order valence-electron chi connectivity index (χ1n) is 10.9. The van der Waals surface area contributed by atoms with E-state index < -0.39 is 10.0 Å². The largest absolute Gasteiger partial charge is 0.349 e. The summed E-state index contributed by atoms with van der Waals surface area (Å²) in [6, 6.07) is 14.7. The Balaban J connectivity index is 1.68. The summed E-state index contributed by atoms with van der Waals surface area (Å²) in [5, 5.41) is 3.89. The molecule has 0 spiro atoms. The molecule has 3 rings (SSSR count). The summed E-state index contributed by atoms with van der Waals surface area (Å²) in [7, 11) is -3.58. The van der Waals surface area contributed by atoms with Crippen molar-refractivity contribution in [3.05, 3.63) is 69.7 Å². The number of halogens is 2. The lowest BCUT2D eigenvalue weighted by molar-refractivity contribution is -0.127. The second kappa shape index (κ2) is 11.0. The summed E-state index contributed by atoms with van der Waals surface area (Å²) in [4.78, 5) is 13.1. The molecule has 2 atom stereocenters. The van der Waals surface area contributed by atoms with Crippen molar-refractivity contribution < 1.29 is 13.2 Å². The van der Waals surface area contributed by atoms with Crippen molar-refractivity contribution in [1.29, 1.82) is 0 Å². The maximum atomic E-state index is 13.1. The third-order valence-electron chi connectivity index (χ3n) is 5.71. The molecule has 174 valence electrons. The molecule has 0 radical (unpaired) electrons. The molecule has 5 nitrogen and oxygen atoms in total. The standard InChI is InChI=1S/C24H30Cl2N2O3S/c1-17(2)13-23(19-7-4-3-5-8-19)27-24(29)20-9-6-12-28(15-20)32(30,31)16-18-10-11-21(25)22(26)14-18/h3-5,7-8,10-11,14,17,20,23H,6,9,12-13,15-16H2,1-2H3,(H,27,29)/t20-,23-/m0/s1. The lowest BCUT2D eigenvalue weighted by Gasteiger charge is -2.32. The van der Waals surface area contributed by atoms with E-state index in [1.807, 2.05) is 30.3 Å². The zero-order valence-electron chi connectivity index (χ0n) is 18.4. The van der Waals surface area contributed by atoms with Gasteiger partial charge in [0.05, 0.1) is 27.8 Å². The van der Waals surface area contributed by atoms with Crippen LogP contribution in [0.5, 0.6) is 0 Å². The number of piperidine rings is 1. The van der Waals surface area contributed by atoms with Gasteiger partial charge < -0.3 is 5.32 Å². The Labute approximate surface area is 201 Å². The van der Waals surface area contributed by atoms with Crippen molar-refractivity contribution in [3.63, 3.8) is 0 Å². The fraction of sp³-hybridized carbons (Fsp3) is 0.458. The molecule has 0 saturated carbocycles. The van der Waals surface area contributed by atoms with Gasteiger partial charge in [0.25, 0.3) is 0 Å². The smallest absolute Gasteiger partial charge is 0.224 e. The Morgan fingerprint density at radius 3 is 2.50 bits per heavy atom. The molecule has 0 bridgehead atoms. The van der Waals surface area contributed by atoms with Crippen LogP contribution in [0.2, 0.25) is 10.0 Å². The monoisotopic (exact) mass is 496 g/mol. The van der Waals surface area contributed by atoms with Crippen LogP contribution < -0.4 is 5.32 Å². The molecule has 2 aromatic carbocycles. The van der Waals surface area contributed by atoms with Crippen molar-refractivity contribution in [2.45, 2.75) is 44.9 Å². The maximum absolute atomic E-state index is 13.1. The van der Waals surface area contributed by atoms with Gasteiger partial charge in [-0.1, -0.05) is 73.4 Å². The number of amides is 1. The molecule has 1 fully saturated rings. The summed E-state index contributed by atoms with van der Waals surface area (Å²) in [6.07, 6.45) is 2.15. The fourth-order valence-electron chi connectivity index (χ4n) is 4.07. The van der Waals surface area contributed by atoms with E-state index in [0.717, 1.165) is 12.0 Å². The molecule has 0 aliphatic carbocycles. The van der Waals surface area contributed by atoms with Crippen LogP contribution in [0.4, 0.5) is 0 Å². The van der Waals surface area contributed by atoms with E-state index in [0.29, 0.717) is 40.9 Å². The van der Waals surface area contributed by atoms with Crippen LogP contribution in [0.15, 0.2) is 48.5 Å². The molecule has 0 aromatic heterocycles. The third-order valence-corrected chi connectivity index (χ3v) is 8.26. The number of benzene rings is 2. The lowest BCUT2D eigenvalue weighted by Crippen LogP contribution is -2.46. The van der Waals surface area contributed by atoms with Gasteiger partial charge in [0, 0.05) is 13.1 Å². The fourth-order valence-corrected chi connectivity index (χ4v) is 5.98. The minimum atomic E-state index is -3.58. The number of sulfonamides is 1. The van der Waals surface area contributed by atoms with E-state index in [2.05, 4.69) is 19.2 Å². The Bertz CT molecular complexity index is 1030. The van der Waals surface area contributed by atoms with Gasteiger partial charge in [0.15, 0.2) is 0 Å². The number of rotatable bonds is 8. The second-order valence-electron chi connectivity index (χ2n) is 8.80. The van der Waals surface area contributed by atoms with Crippen LogP contribution in [0.1, 0.15) is 50.3 Å². The highest BCUT2D eigenvalue weighted by atomic mass is 35.5. The molecule has 0 unspecified atom stereocenters. The van der Waals surface area contributed by atoms with Gasteiger partial charge in [-0.2, -0.15) is 0 Å². The molecule has 1 aliphatic rings. The molecule has 1 saturated heterocycles. The van der Waals surface area contributed by atoms with Gasteiger partial charge >= 0.3 is 0 Å². The van der Waals surface area contributed by atoms with Crippen LogP contribution in [-0.4, -0.2) is 31.7 Å². The number of carbonyl (C=O) groups excluding carboxylic acids is 1. The van der Waals surface area contributed by atoms with Crippen molar-refractivity contribution in [2.75, 3.05) is 13.1 Å². The first-order chi connectivity index (χ1) is 15.2. The van der Waals surface area contributed by atoms with Crippen LogP contribution in [-0.2, 0) is 20.6 Å². The Morgan fingerprint density at radius 1 is 1.12 bits per heavy atom. The number of hydrogen-bond acceptors (Lipinski definition) is 3. The van der Waals surface area contributed by atoms with Gasteiger partial charge in [0.2, 0.25) is 15.9 Å². The van der Waals surface area contributed by atoms with Crippen LogP contribution in [0, 0.1) is 11.8 Å². The minimum absolute atomic E-state index is 0.0889. The molecule has 1 N–H and O–H groups in total. The van der Waals surface area contributed by atoms with Crippen molar-refractivity contribution in [2.24, 2.45) is 11.8 Å². The number of nitrogens with zero attached hydrogens (tertiary/aromatic N) is 1. The SMILES string of the molecule is CC(C)C[C@H](NC(=O)[C@H]1CCCN(S(=O)(=O)Cc2ccc(Cl)c(Cl)c2)C1)c1ccccc1. The van der Waals surface area contributed by atoms with Gasteiger partial charge in [0.1, 0.15) is 0 Å². The summed E-state index contributed by atoms with van der Waals surface area (Å²) >= 11 is 12.0. The van der Waals surface area contributed by atoms with Crippen molar-refractivity contribution >= 4 is 39.1 Å². The highest BCUT2D eigenvalue weighted by Gasteiger charge is 2.33. The number of carbonyl (C=O) groups is 1. The zero-order valence-corrected chi connectivity index (χ0v) is 20.8. The Hall–Kier alpha value is -1.60. The Kier molecular flexibility index (Phi) is 8.62. The molecule has 1 aliphatic heterocycles. The number of nitrogens with one attached hydrogen (secondary N) is 1. The average molecular weight is 497 g/mol. The van der Waals surface area contributed by atoms with E-state index in [1.165, 1.54) is 4.31 Å².